The van der Waals surface area contributed by atoms with E-state index in [-0.39, 0.29) is 12.4 Å². The number of carbonyl (C=O) groups is 2. The van der Waals surface area contributed by atoms with Crippen molar-refractivity contribution in [3.05, 3.63) is 65.7 Å². The summed E-state index contributed by atoms with van der Waals surface area (Å²) >= 11 is 0. The highest BCUT2D eigenvalue weighted by Gasteiger charge is 2.11. The van der Waals surface area contributed by atoms with Gasteiger partial charge in [-0.1, -0.05) is 24.3 Å². The molecule has 0 heterocycles. The monoisotopic (exact) mass is 300 g/mol. The van der Waals surface area contributed by atoms with Crippen molar-refractivity contribution in [3.8, 4) is 5.75 Å². The normalized spacial score (nSPS) is 10.0. The van der Waals surface area contributed by atoms with E-state index < -0.39 is 11.9 Å². The number of ether oxygens (including phenoxy) is 3. The van der Waals surface area contributed by atoms with Crippen molar-refractivity contribution in [2.45, 2.75) is 0 Å². The zero-order valence-electron chi connectivity index (χ0n) is 12.2. The molecule has 0 atom stereocenters. The minimum atomic E-state index is -0.491. The summed E-state index contributed by atoms with van der Waals surface area (Å²) in [4.78, 5) is 23.8. The minimum absolute atomic E-state index is 0.170. The maximum atomic E-state index is 12.0. The van der Waals surface area contributed by atoms with Crippen molar-refractivity contribution in [1.29, 1.82) is 0 Å². The van der Waals surface area contributed by atoms with Crippen molar-refractivity contribution >= 4 is 11.9 Å². The lowest BCUT2D eigenvalue weighted by Gasteiger charge is -2.07. The van der Waals surface area contributed by atoms with E-state index in [0.29, 0.717) is 17.7 Å². The van der Waals surface area contributed by atoms with Crippen LogP contribution in [0.3, 0.4) is 0 Å². The van der Waals surface area contributed by atoms with E-state index >= 15 is 0 Å². The average molecular weight is 300 g/mol. The number of rotatable bonds is 6. The van der Waals surface area contributed by atoms with E-state index in [1.165, 1.54) is 13.2 Å². The summed E-state index contributed by atoms with van der Waals surface area (Å²) in [6.45, 7) is 0.498. The fourth-order valence-electron chi connectivity index (χ4n) is 1.73. The van der Waals surface area contributed by atoms with Crippen molar-refractivity contribution in [2.24, 2.45) is 0 Å². The number of hydrogen-bond acceptors (Lipinski definition) is 5. The lowest BCUT2D eigenvalue weighted by molar-refractivity contribution is 0.0387. The van der Waals surface area contributed by atoms with Gasteiger partial charge in [-0.05, 0) is 30.3 Å². The van der Waals surface area contributed by atoms with E-state index in [2.05, 4.69) is 0 Å². The summed E-state index contributed by atoms with van der Waals surface area (Å²) in [5.41, 5.74) is 0.755. The molecule has 0 aromatic heterocycles. The van der Waals surface area contributed by atoms with E-state index in [9.17, 15) is 9.59 Å². The lowest BCUT2D eigenvalue weighted by atomic mass is 10.2. The lowest BCUT2D eigenvalue weighted by Crippen LogP contribution is -2.11. The molecule has 0 aliphatic carbocycles. The predicted molar refractivity (Wildman–Crippen MR) is 80.0 cm³/mol. The maximum Gasteiger partial charge on any atom is 0.343 e. The SMILES string of the molecule is COCCOC(=O)c1cccc(OC(=O)c2ccccc2)c1. The average Bonchev–Trinajstić information content (AvgIpc) is 2.56. The van der Waals surface area contributed by atoms with Gasteiger partial charge in [0, 0.05) is 7.11 Å². The van der Waals surface area contributed by atoms with Gasteiger partial charge in [0.05, 0.1) is 17.7 Å². The van der Waals surface area contributed by atoms with E-state index in [1.807, 2.05) is 6.07 Å². The molecule has 0 saturated carbocycles. The highest BCUT2D eigenvalue weighted by atomic mass is 16.6. The topological polar surface area (TPSA) is 61.8 Å². The first-order valence-corrected chi connectivity index (χ1v) is 6.74. The molecule has 0 spiro atoms. The summed E-state index contributed by atoms with van der Waals surface area (Å²) in [6, 6.07) is 14.9. The van der Waals surface area contributed by atoms with Crippen molar-refractivity contribution in [3.63, 3.8) is 0 Å². The summed E-state index contributed by atoms with van der Waals surface area (Å²) in [5, 5.41) is 0. The Bertz CT molecular complexity index is 637. The van der Waals surface area contributed by atoms with Crippen LogP contribution < -0.4 is 4.74 Å². The molecule has 114 valence electrons. The number of carbonyl (C=O) groups excluding carboxylic acids is 2. The Morgan fingerprint density at radius 2 is 1.59 bits per heavy atom. The van der Waals surface area contributed by atoms with Gasteiger partial charge < -0.3 is 14.2 Å². The van der Waals surface area contributed by atoms with Gasteiger partial charge in [0.2, 0.25) is 0 Å². The third-order valence-corrected chi connectivity index (χ3v) is 2.81. The minimum Gasteiger partial charge on any atom is -0.460 e. The number of methoxy groups -OCH3 is 1. The van der Waals surface area contributed by atoms with Gasteiger partial charge in [0.1, 0.15) is 12.4 Å². The highest BCUT2D eigenvalue weighted by molar-refractivity contribution is 5.92. The Balaban J connectivity index is 2.02. The van der Waals surface area contributed by atoms with Crippen LogP contribution in [0.2, 0.25) is 0 Å². The molecule has 0 unspecified atom stereocenters. The van der Waals surface area contributed by atoms with Crippen LogP contribution in [0.4, 0.5) is 0 Å². The van der Waals surface area contributed by atoms with Crippen LogP contribution in [0, 0.1) is 0 Å². The van der Waals surface area contributed by atoms with E-state index in [0.717, 1.165) is 0 Å². The first kappa shape index (κ1) is 15.7. The largest absolute Gasteiger partial charge is 0.460 e. The van der Waals surface area contributed by atoms with Gasteiger partial charge >= 0.3 is 11.9 Å². The van der Waals surface area contributed by atoms with Crippen molar-refractivity contribution in [1.82, 2.24) is 0 Å². The van der Waals surface area contributed by atoms with Crippen LogP contribution >= 0.6 is 0 Å². The summed E-state index contributed by atoms with van der Waals surface area (Å²) < 4.78 is 15.1. The quantitative estimate of drug-likeness (QED) is 0.466. The molecule has 0 fully saturated rings. The third-order valence-electron chi connectivity index (χ3n) is 2.81. The van der Waals surface area contributed by atoms with Crippen LogP contribution in [-0.4, -0.2) is 32.3 Å². The summed E-state index contributed by atoms with van der Waals surface area (Å²) in [6.07, 6.45) is 0. The third kappa shape index (κ3) is 4.43. The molecule has 2 rings (SSSR count). The molecule has 22 heavy (non-hydrogen) atoms. The molecular formula is C17H16O5. The van der Waals surface area contributed by atoms with Gasteiger partial charge in [-0.3, -0.25) is 0 Å². The van der Waals surface area contributed by atoms with Crippen molar-refractivity contribution in [2.75, 3.05) is 20.3 Å². The van der Waals surface area contributed by atoms with E-state index in [1.54, 1.807) is 42.5 Å². The molecule has 0 amide bonds. The molecule has 2 aromatic carbocycles. The molecule has 0 saturated heterocycles. The highest BCUT2D eigenvalue weighted by Crippen LogP contribution is 2.16. The van der Waals surface area contributed by atoms with Crippen LogP contribution in [0.5, 0.6) is 5.75 Å². The molecule has 0 radical (unpaired) electrons. The predicted octanol–water partition coefficient (Wildman–Crippen LogP) is 2.71. The summed E-state index contributed by atoms with van der Waals surface area (Å²) in [7, 11) is 1.53. The Morgan fingerprint density at radius 1 is 0.864 bits per heavy atom. The molecule has 0 aliphatic rings. The Labute approximate surface area is 128 Å². The van der Waals surface area contributed by atoms with Gasteiger partial charge in [-0.15, -0.1) is 0 Å². The molecule has 0 aliphatic heterocycles. The second-order valence-corrected chi connectivity index (χ2v) is 4.41. The van der Waals surface area contributed by atoms with Gasteiger partial charge in [-0.25, -0.2) is 9.59 Å². The molecule has 5 heteroatoms. The molecule has 0 bridgehead atoms. The summed E-state index contributed by atoms with van der Waals surface area (Å²) in [5.74, 6) is -0.685. The van der Waals surface area contributed by atoms with Gasteiger partial charge in [0.25, 0.3) is 0 Å². The van der Waals surface area contributed by atoms with E-state index in [4.69, 9.17) is 14.2 Å². The molecule has 0 N–H and O–H groups in total. The standard InChI is InChI=1S/C17H16O5/c1-20-10-11-21-16(18)14-8-5-9-15(12-14)22-17(19)13-6-3-2-4-7-13/h2-9,12H,10-11H2,1H3. The first-order chi connectivity index (χ1) is 10.7. The molecule has 2 aromatic rings. The Hall–Kier alpha value is -2.66. The Morgan fingerprint density at radius 3 is 2.32 bits per heavy atom. The molecular weight excluding hydrogens is 284 g/mol. The number of esters is 2. The fraction of sp³-hybridized carbons (Fsp3) is 0.176. The van der Waals surface area contributed by atoms with Crippen LogP contribution in [-0.2, 0) is 9.47 Å². The van der Waals surface area contributed by atoms with Gasteiger partial charge in [-0.2, -0.15) is 0 Å². The van der Waals surface area contributed by atoms with Crippen LogP contribution in [0.1, 0.15) is 20.7 Å². The maximum absolute atomic E-state index is 12.0. The number of benzene rings is 2. The second-order valence-electron chi connectivity index (χ2n) is 4.41. The zero-order chi connectivity index (χ0) is 15.8. The van der Waals surface area contributed by atoms with Crippen LogP contribution in [0.25, 0.3) is 0 Å². The Kier molecular flexibility index (Phi) is 5.68. The second kappa shape index (κ2) is 7.95. The fourth-order valence-corrected chi connectivity index (χ4v) is 1.73. The van der Waals surface area contributed by atoms with Crippen LogP contribution in [0.15, 0.2) is 54.6 Å². The molecule has 5 nitrogen and oxygen atoms in total. The van der Waals surface area contributed by atoms with Crippen molar-refractivity contribution < 1.29 is 23.8 Å². The number of hydrogen-bond donors (Lipinski definition) is 0. The zero-order valence-corrected chi connectivity index (χ0v) is 12.2. The smallest absolute Gasteiger partial charge is 0.343 e. The first-order valence-electron chi connectivity index (χ1n) is 6.74. The van der Waals surface area contributed by atoms with Gasteiger partial charge in [0.15, 0.2) is 0 Å².